The molecule has 0 radical (unpaired) electrons. The lowest BCUT2D eigenvalue weighted by Crippen LogP contribution is -2.02. The van der Waals surface area contributed by atoms with Gasteiger partial charge in [0.1, 0.15) is 17.2 Å². The van der Waals surface area contributed by atoms with Gasteiger partial charge in [0, 0.05) is 16.4 Å². The van der Waals surface area contributed by atoms with Gasteiger partial charge in [-0.05, 0) is 71.5 Å². The van der Waals surface area contributed by atoms with E-state index < -0.39 is 0 Å². The molecule has 1 heterocycles. The Kier molecular flexibility index (Phi) is 5.38. The number of ketones is 1. The van der Waals surface area contributed by atoms with E-state index in [0.29, 0.717) is 17.1 Å². The van der Waals surface area contributed by atoms with Gasteiger partial charge in [0.2, 0.25) is 0 Å². The first-order valence-electron chi connectivity index (χ1n) is 10.5. The van der Waals surface area contributed by atoms with E-state index in [2.05, 4.69) is 36.6 Å². The van der Waals surface area contributed by atoms with Crippen molar-refractivity contribution in [3.8, 4) is 17.2 Å². The quantitative estimate of drug-likeness (QED) is 0.307. The standard InChI is InChI=1S/C28H22O3S/c1-18-15-16-32-25(18)17-23-26(19-7-4-3-5-8-19)22-9-6-10-24(27(22)28(23)29)31-21-13-11-20(30-2)12-14-21/h3-17,26H,1-2H3/b23-17-/t26-/m0/s1. The molecule has 0 spiro atoms. The van der Waals surface area contributed by atoms with Crippen molar-refractivity contribution < 1.29 is 14.3 Å². The number of thiophene rings is 1. The van der Waals surface area contributed by atoms with Crippen molar-refractivity contribution in [2.75, 3.05) is 7.11 Å². The molecule has 0 saturated carbocycles. The fourth-order valence-electron chi connectivity index (χ4n) is 4.16. The molecule has 32 heavy (non-hydrogen) atoms. The Morgan fingerprint density at radius 1 is 0.875 bits per heavy atom. The Morgan fingerprint density at radius 3 is 2.31 bits per heavy atom. The summed E-state index contributed by atoms with van der Waals surface area (Å²) in [6.07, 6.45) is 2.05. The van der Waals surface area contributed by atoms with Crippen LogP contribution < -0.4 is 9.47 Å². The van der Waals surface area contributed by atoms with Crippen LogP contribution in [0, 0.1) is 6.92 Å². The van der Waals surface area contributed by atoms with Crippen LogP contribution >= 0.6 is 11.3 Å². The number of rotatable bonds is 5. The van der Waals surface area contributed by atoms with Crippen LogP contribution in [0.1, 0.15) is 37.8 Å². The van der Waals surface area contributed by atoms with Gasteiger partial charge >= 0.3 is 0 Å². The van der Waals surface area contributed by atoms with Crippen LogP contribution in [0.25, 0.3) is 6.08 Å². The van der Waals surface area contributed by atoms with E-state index in [4.69, 9.17) is 9.47 Å². The highest BCUT2D eigenvalue weighted by Crippen LogP contribution is 2.47. The zero-order valence-electron chi connectivity index (χ0n) is 17.9. The molecule has 0 unspecified atom stereocenters. The molecule has 3 nitrogen and oxygen atoms in total. The smallest absolute Gasteiger partial charge is 0.194 e. The van der Waals surface area contributed by atoms with Gasteiger partial charge < -0.3 is 9.47 Å². The minimum Gasteiger partial charge on any atom is -0.497 e. The highest BCUT2D eigenvalue weighted by Gasteiger charge is 2.38. The summed E-state index contributed by atoms with van der Waals surface area (Å²) < 4.78 is 11.4. The van der Waals surface area contributed by atoms with Crippen LogP contribution in [0.2, 0.25) is 0 Å². The number of hydrogen-bond acceptors (Lipinski definition) is 4. The third kappa shape index (κ3) is 3.63. The van der Waals surface area contributed by atoms with Crippen LogP contribution in [-0.4, -0.2) is 12.9 Å². The van der Waals surface area contributed by atoms with Gasteiger partial charge in [-0.3, -0.25) is 4.79 Å². The molecule has 1 aromatic heterocycles. The van der Waals surface area contributed by atoms with Crippen molar-refractivity contribution >= 4 is 23.2 Å². The lowest BCUT2D eigenvalue weighted by molar-refractivity contribution is 0.103. The molecular weight excluding hydrogens is 416 g/mol. The molecule has 0 bridgehead atoms. The number of benzene rings is 3. The minimum atomic E-state index is -0.125. The van der Waals surface area contributed by atoms with Crippen LogP contribution in [0.15, 0.2) is 89.8 Å². The van der Waals surface area contributed by atoms with E-state index in [1.165, 1.54) is 5.56 Å². The number of carbonyl (C=O) groups is 1. The van der Waals surface area contributed by atoms with Crippen molar-refractivity contribution in [3.63, 3.8) is 0 Å². The normalized spacial score (nSPS) is 16.2. The predicted molar refractivity (Wildman–Crippen MR) is 129 cm³/mol. The van der Waals surface area contributed by atoms with E-state index in [-0.39, 0.29) is 11.7 Å². The van der Waals surface area contributed by atoms with E-state index in [1.807, 2.05) is 60.7 Å². The number of carbonyl (C=O) groups excluding carboxylic acids is 1. The predicted octanol–water partition coefficient (Wildman–Crippen LogP) is 7.27. The third-order valence-corrected chi connectivity index (χ3v) is 6.74. The number of aryl methyl sites for hydroxylation is 1. The first-order chi connectivity index (χ1) is 15.7. The molecule has 0 amide bonds. The Balaban J connectivity index is 1.63. The highest BCUT2D eigenvalue weighted by molar-refractivity contribution is 7.11. The lowest BCUT2D eigenvalue weighted by atomic mass is 9.89. The summed E-state index contributed by atoms with van der Waals surface area (Å²) in [4.78, 5) is 14.9. The summed E-state index contributed by atoms with van der Waals surface area (Å²) in [7, 11) is 1.63. The van der Waals surface area contributed by atoms with E-state index in [9.17, 15) is 4.79 Å². The van der Waals surface area contributed by atoms with Gasteiger partial charge in [-0.25, -0.2) is 0 Å². The topological polar surface area (TPSA) is 35.5 Å². The number of fused-ring (bicyclic) bond motifs is 1. The maximum atomic E-state index is 13.8. The molecule has 1 aliphatic carbocycles. The monoisotopic (exact) mass is 438 g/mol. The molecule has 0 aliphatic heterocycles. The second-order valence-corrected chi connectivity index (χ2v) is 8.69. The minimum absolute atomic E-state index is 0.0192. The molecule has 0 fully saturated rings. The van der Waals surface area contributed by atoms with E-state index in [0.717, 1.165) is 27.3 Å². The van der Waals surface area contributed by atoms with E-state index >= 15 is 0 Å². The van der Waals surface area contributed by atoms with Crippen molar-refractivity contribution in [3.05, 3.63) is 117 Å². The van der Waals surface area contributed by atoms with Gasteiger partial charge in [0.25, 0.3) is 0 Å². The molecule has 158 valence electrons. The third-order valence-electron chi connectivity index (χ3n) is 5.78. The lowest BCUT2D eigenvalue weighted by Gasteiger charge is -2.14. The van der Waals surface area contributed by atoms with Crippen LogP contribution in [0.3, 0.4) is 0 Å². The number of allylic oxidation sites excluding steroid dienone is 1. The summed E-state index contributed by atoms with van der Waals surface area (Å²) >= 11 is 1.65. The zero-order valence-corrected chi connectivity index (χ0v) is 18.7. The molecule has 1 atom stereocenters. The molecule has 0 saturated heterocycles. The summed E-state index contributed by atoms with van der Waals surface area (Å²) in [5.41, 5.74) is 4.67. The van der Waals surface area contributed by atoms with Gasteiger partial charge in [0.15, 0.2) is 5.78 Å². The Bertz CT molecular complexity index is 1300. The first kappa shape index (κ1) is 20.3. The summed E-state index contributed by atoms with van der Waals surface area (Å²) in [5.74, 6) is 1.89. The second kappa shape index (κ2) is 8.48. The number of hydrogen-bond donors (Lipinski definition) is 0. The Hall–Kier alpha value is -3.63. The Labute approximate surface area is 191 Å². The van der Waals surface area contributed by atoms with E-state index in [1.54, 1.807) is 18.4 Å². The van der Waals surface area contributed by atoms with Crippen molar-refractivity contribution in [2.45, 2.75) is 12.8 Å². The maximum Gasteiger partial charge on any atom is 0.194 e. The maximum absolute atomic E-state index is 13.8. The van der Waals surface area contributed by atoms with Crippen LogP contribution in [0.5, 0.6) is 17.2 Å². The fraction of sp³-hybridized carbons (Fsp3) is 0.107. The van der Waals surface area contributed by atoms with Crippen LogP contribution in [0.4, 0.5) is 0 Å². The largest absolute Gasteiger partial charge is 0.497 e. The van der Waals surface area contributed by atoms with Gasteiger partial charge in [-0.2, -0.15) is 0 Å². The molecule has 0 N–H and O–H groups in total. The first-order valence-corrected chi connectivity index (χ1v) is 11.3. The summed E-state index contributed by atoms with van der Waals surface area (Å²) in [5, 5.41) is 2.06. The zero-order chi connectivity index (χ0) is 22.1. The van der Waals surface area contributed by atoms with Gasteiger partial charge in [-0.1, -0.05) is 42.5 Å². The average molecular weight is 439 g/mol. The SMILES string of the molecule is COc1ccc(Oc2cccc3c2C(=O)/C(=C\c2sccc2C)[C@H]3c2ccccc2)cc1. The second-order valence-electron chi connectivity index (χ2n) is 7.74. The fourth-order valence-corrected chi connectivity index (χ4v) is 5.03. The van der Waals surface area contributed by atoms with Crippen molar-refractivity contribution in [1.29, 1.82) is 0 Å². The van der Waals surface area contributed by atoms with Crippen LogP contribution in [-0.2, 0) is 0 Å². The molecule has 1 aliphatic rings. The number of ether oxygens (including phenoxy) is 2. The number of methoxy groups -OCH3 is 1. The molecule has 5 rings (SSSR count). The number of Topliss-reactive ketones (excluding diaryl/α,β-unsaturated/α-hetero) is 1. The van der Waals surface area contributed by atoms with Gasteiger partial charge in [0.05, 0.1) is 12.7 Å². The Morgan fingerprint density at radius 2 is 1.62 bits per heavy atom. The molecule has 4 aromatic rings. The molecule has 4 heteroatoms. The molecule has 3 aromatic carbocycles. The van der Waals surface area contributed by atoms with Crippen molar-refractivity contribution in [2.24, 2.45) is 0 Å². The summed E-state index contributed by atoms with van der Waals surface area (Å²) in [6.45, 7) is 2.07. The average Bonchev–Trinajstić information content (AvgIpc) is 3.36. The highest BCUT2D eigenvalue weighted by atomic mass is 32.1. The van der Waals surface area contributed by atoms with Crippen molar-refractivity contribution in [1.82, 2.24) is 0 Å². The summed E-state index contributed by atoms with van der Waals surface area (Å²) in [6, 6.07) is 25.5. The van der Waals surface area contributed by atoms with Gasteiger partial charge in [-0.15, -0.1) is 11.3 Å². The molecular formula is C28H22O3S.